The fourth-order valence-corrected chi connectivity index (χ4v) is 4.20. The van der Waals surface area contributed by atoms with Gasteiger partial charge in [0, 0.05) is 25.0 Å². The molecule has 3 fully saturated rings. The molecule has 3 heteroatoms. The molecule has 17 heavy (non-hydrogen) atoms. The Bertz CT molecular complexity index is 315. The van der Waals surface area contributed by atoms with Gasteiger partial charge in [-0.25, -0.2) is 0 Å². The lowest BCUT2D eigenvalue weighted by Gasteiger charge is -2.26. The Morgan fingerprint density at radius 3 is 2.65 bits per heavy atom. The summed E-state index contributed by atoms with van der Waals surface area (Å²) in [7, 11) is 0. The van der Waals surface area contributed by atoms with Crippen LogP contribution in [0.3, 0.4) is 0 Å². The zero-order valence-electron chi connectivity index (χ0n) is 10.8. The van der Waals surface area contributed by atoms with Crippen LogP contribution in [0.4, 0.5) is 0 Å². The molecule has 2 bridgehead atoms. The normalized spacial score (nSPS) is 42.1. The Hall–Kier alpha value is -0.570. The zero-order chi connectivity index (χ0) is 12.0. The second-order valence-corrected chi connectivity index (χ2v) is 6.47. The molecule has 0 aromatic carbocycles. The third-order valence-electron chi connectivity index (χ3n) is 5.34. The van der Waals surface area contributed by atoms with Crippen molar-refractivity contribution in [1.29, 1.82) is 0 Å². The zero-order valence-corrected chi connectivity index (χ0v) is 10.8. The molecule has 2 aliphatic carbocycles. The van der Waals surface area contributed by atoms with Gasteiger partial charge in [-0.15, -0.1) is 0 Å². The minimum absolute atomic E-state index is 0.229. The van der Waals surface area contributed by atoms with Crippen LogP contribution >= 0.6 is 0 Å². The number of amides is 1. The summed E-state index contributed by atoms with van der Waals surface area (Å²) in [6, 6.07) is 0.229. The number of rotatable bonds is 2. The molecule has 1 saturated heterocycles. The lowest BCUT2D eigenvalue weighted by molar-refractivity contribution is -0.136. The van der Waals surface area contributed by atoms with Crippen molar-refractivity contribution in [2.75, 3.05) is 13.1 Å². The molecule has 1 amide bonds. The Morgan fingerprint density at radius 1 is 1.29 bits per heavy atom. The van der Waals surface area contributed by atoms with E-state index in [1.807, 2.05) is 0 Å². The van der Waals surface area contributed by atoms with Crippen LogP contribution in [0.15, 0.2) is 0 Å². The van der Waals surface area contributed by atoms with Gasteiger partial charge in [0.2, 0.25) is 5.91 Å². The highest BCUT2D eigenvalue weighted by molar-refractivity contribution is 5.80. The fourth-order valence-electron chi connectivity index (χ4n) is 4.20. The maximum Gasteiger partial charge on any atom is 0.225 e. The van der Waals surface area contributed by atoms with Crippen LogP contribution in [-0.4, -0.2) is 29.9 Å². The highest BCUT2D eigenvalue weighted by atomic mass is 16.2. The molecular formula is C14H24N2O. The van der Waals surface area contributed by atoms with Gasteiger partial charge in [-0.3, -0.25) is 4.79 Å². The van der Waals surface area contributed by atoms with E-state index in [2.05, 4.69) is 11.8 Å². The molecule has 5 atom stereocenters. The maximum atomic E-state index is 12.5. The Morgan fingerprint density at radius 2 is 2.12 bits per heavy atom. The minimum atomic E-state index is 0.229. The van der Waals surface area contributed by atoms with Crippen LogP contribution in [0.25, 0.3) is 0 Å². The van der Waals surface area contributed by atoms with E-state index in [4.69, 9.17) is 5.73 Å². The smallest absolute Gasteiger partial charge is 0.225 e. The molecule has 2 N–H and O–H groups in total. The Labute approximate surface area is 104 Å². The van der Waals surface area contributed by atoms with Crippen molar-refractivity contribution in [3.05, 3.63) is 0 Å². The average molecular weight is 236 g/mol. The largest absolute Gasteiger partial charge is 0.342 e. The highest BCUT2D eigenvalue weighted by Gasteiger charge is 2.45. The quantitative estimate of drug-likeness (QED) is 0.792. The molecule has 3 rings (SSSR count). The molecule has 5 unspecified atom stereocenters. The van der Waals surface area contributed by atoms with E-state index >= 15 is 0 Å². The Balaban J connectivity index is 1.60. The number of hydrogen-bond donors (Lipinski definition) is 1. The van der Waals surface area contributed by atoms with Crippen molar-refractivity contribution in [2.24, 2.45) is 29.4 Å². The number of carbonyl (C=O) groups excluding carboxylic acids is 1. The van der Waals surface area contributed by atoms with E-state index in [0.29, 0.717) is 23.7 Å². The van der Waals surface area contributed by atoms with Crippen molar-refractivity contribution in [3.63, 3.8) is 0 Å². The summed E-state index contributed by atoms with van der Waals surface area (Å²) in [5.41, 5.74) is 5.94. The molecule has 2 saturated carbocycles. The van der Waals surface area contributed by atoms with Gasteiger partial charge >= 0.3 is 0 Å². The number of fused-ring (bicyclic) bond motifs is 2. The van der Waals surface area contributed by atoms with Crippen LogP contribution < -0.4 is 5.73 Å². The second-order valence-electron chi connectivity index (χ2n) is 6.47. The van der Waals surface area contributed by atoms with E-state index in [1.54, 1.807) is 0 Å². The van der Waals surface area contributed by atoms with E-state index in [1.165, 1.54) is 25.7 Å². The lowest BCUT2D eigenvalue weighted by atomic mass is 9.88. The third-order valence-corrected chi connectivity index (χ3v) is 5.34. The topological polar surface area (TPSA) is 46.3 Å². The number of nitrogens with zero attached hydrogens (tertiary/aromatic N) is 1. The molecule has 0 aromatic heterocycles. The lowest BCUT2D eigenvalue weighted by Crippen LogP contribution is -2.38. The molecule has 3 nitrogen and oxygen atoms in total. The first-order chi connectivity index (χ1) is 8.15. The van der Waals surface area contributed by atoms with Gasteiger partial charge in [0.25, 0.3) is 0 Å². The van der Waals surface area contributed by atoms with Gasteiger partial charge in [-0.1, -0.05) is 6.42 Å². The van der Waals surface area contributed by atoms with E-state index in [0.717, 1.165) is 25.4 Å². The highest BCUT2D eigenvalue weighted by Crippen LogP contribution is 2.49. The summed E-state index contributed by atoms with van der Waals surface area (Å²) in [5, 5.41) is 0. The molecular weight excluding hydrogens is 212 g/mol. The van der Waals surface area contributed by atoms with Gasteiger partial charge in [-0.2, -0.15) is 0 Å². The minimum Gasteiger partial charge on any atom is -0.342 e. The maximum absolute atomic E-state index is 12.5. The predicted octanol–water partition coefficient (Wildman–Crippen LogP) is 1.62. The van der Waals surface area contributed by atoms with Crippen molar-refractivity contribution in [2.45, 2.75) is 45.1 Å². The number of nitrogens with two attached hydrogens (primary N) is 1. The number of hydrogen-bond acceptors (Lipinski definition) is 2. The summed E-state index contributed by atoms with van der Waals surface area (Å²) in [6.07, 6.45) is 6.26. The van der Waals surface area contributed by atoms with Crippen molar-refractivity contribution < 1.29 is 4.79 Å². The molecule has 1 aliphatic heterocycles. The first-order valence-corrected chi connectivity index (χ1v) is 7.19. The monoisotopic (exact) mass is 236 g/mol. The molecule has 0 aromatic rings. The average Bonchev–Trinajstić information content (AvgIpc) is 3.03. The summed E-state index contributed by atoms with van der Waals surface area (Å²) in [6.45, 7) is 3.92. The van der Waals surface area contributed by atoms with Crippen LogP contribution in [0, 0.1) is 23.7 Å². The number of likely N-dealkylation sites (tertiary alicyclic amines) is 1. The van der Waals surface area contributed by atoms with Crippen molar-refractivity contribution in [3.8, 4) is 0 Å². The van der Waals surface area contributed by atoms with Gasteiger partial charge in [0.1, 0.15) is 0 Å². The summed E-state index contributed by atoms with van der Waals surface area (Å²) >= 11 is 0. The molecule has 3 aliphatic rings. The molecule has 1 heterocycles. The van der Waals surface area contributed by atoms with Gasteiger partial charge in [-0.05, 0) is 50.4 Å². The van der Waals surface area contributed by atoms with Gasteiger partial charge < -0.3 is 10.6 Å². The van der Waals surface area contributed by atoms with Gasteiger partial charge in [0.15, 0.2) is 0 Å². The molecule has 96 valence electrons. The van der Waals surface area contributed by atoms with Crippen LogP contribution in [0.2, 0.25) is 0 Å². The standard InChI is InChI=1S/C14H24N2O/c1-9(15)12-4-5-16(8-12)14(17)13-7-10-2-3-11(13)6-10/h9-13H,2-8,15H2,1H3. The van der Waals surface area contributed by atoms with Crippen LogP contribution in [0.5, 0.6) is 0 Å². The summed E-state index contributed by atoms with van der Waals surface area (Å²) in [5.74, 6) is 2.90. The summed E-state index contributed by atoms with van der Waals surface area (Å²) < 4.78 is 0. The van der Waals surface area contributed by atoms with Crippen molar-refractivity contribution in [1.82, 2.24) is 4.90 Å². The third kappa shape index (κ3) is 1.99. The van der Waals surface area contributed by atoms with E-state index in [-0.39, 0.29) is 6.04 Å². The SMILES string of the molecule is CC(N)C1CCN(C(=O)C2CC3CCC2C3)C1. The van der Waals surface area contributed by atoms with E-state index in [9.17, 15) is 4.79 Å². The van der Waals surface area contributed by atoms with Gasteiger partial charge in [0.05, 0.1) is 0 Å². The first kappa shape index (κ1) is 11.5. The summed E-state index contributed by atoms with van der Waals surface area (Å²) in [4.78, 5) is 14.6. The predicted molar refractivity (Wildman–Crippen MR) is 67.3 cm³/mol. The molecule has 0 radical (unpaired) electrons. The first-order valence-electron chi connectivity index (χ1n) is 7.19. The molecule has 0 spiro atoms. The van der Waals surface area contributed by atoms with Crippen LogP contribution in [0.1, 0.15) is 39.0 Å². The fraction of sp³-hybridized carbons (Fsp3) is 0.929. The van der Waals surface area contributed by atoms with E-state index < -0.39 is 0 Å². The number of carbonyl (C=O) groups is 1. The Kier molecular flexibility index (Phi) is 2.89. The van der Waals surface area contributed by atoms with Crippen molar-refractivity contribution >= 4 is 5.91 Å². The van der Waals surface area contributed by atoms with Crippen LogP contribution in [-0.2, 0) is 4.79 Å². The second kappa shape index (κ2) is 4.27.